The van der Waals surface area contributed by atoms with Gasteiger partial charge in [-0.15, -0.1) is 0 Å². The predicted octanol–water partition coefficient (Wildman–Crippen LogP) is 3.22. The van der Waals surface area contributed by atoms with Gasteiger partial charge in [-0.1, -0.05) is 12.1 Å². The summed E-state index contributed by atoms with van der Waals surface area (Å²) >= 11 is 0. The SMILES string of the molecule is O=C(O)c1cccc([N+](=O)[O-])c1Oc1cccc(F)c1. The first-order valence-electron chi connectivity index (χ1n) is 5.43. The van der Waals surface area contributed by atoms with Crippen molar-refractivity contribution < 1.29 is 24.0 Å². The summed E-state index contributed by atoms with van der Waals surface area (Å²) in [5.74, 6) is -2.43. The zero-order valence-corrected chi connectivity index (χ0v) is 9.95. The van der Waals surface area contributed by atoms with Crippen LogP contribution < -0.4 is 4.74 Å². The van der Waals surface area contributed by atoms with E-state index in [4.69, 9.17) is 9.84 Å². The molecule has 0 aliphatic carbocycles. The van der Waals surface area contributed by atoms with Crippen molar-refractivity contribution in [1.82, 2.24) is 0 Å². The molecule has 0 fully saturated rings. The third-order valence-electron chi connectivity index (χ3n) is 2.44. The summed E-state index contributed by atoms with van der Waals surface area (Å²) in [6.45, 7) is 0. The van der Waals surface area contributed by atoms with Gasteiger partial charge in [0.1, 0.15) is 17.1 Å². The van der Waals surface area contributed by atoms with Gasteiger partial charge in [0.05, 0.1) is 4.92 Å². The van der Waals surface area contributed by atoms with Crippen molar-refractivity contribution in [3.8, 4) is 11.5 Å². The lowest BCUT2D eigenvalue weighted by atomic mass is 10.1. The molecular weight excluding hydrogens is 269 g/mol. The van der Waals surface area contributed by atoms with E-state index in [-0.39, 0.29) is 11.3 Å². The van der Waals surface area contributed by atoms with Crippen LogP contribution in [0.2, 0.25) is 0 Å². The fourth-order valence-corrected chi connectivity index (χ4v) is 1.59. The lowest BCUT2D eigenvalue weighted by molar-refractivity contribution is -0.385. The van der Waals surface area contributed by atoms with Gasteiger partial charge in [0.2, 0.25) is 5.75 Å². The normalized spacial score (nSPS) is 10.1. The number of rotatable bonds is 4. The third kappa shape index (κ3) is 2.72. The Morgan fingerprint density at radius 2 is 1.95 bits per heavy atom. The molecule has 0 amide bonds. The topological polar surface area (TPSA) is 89.7 Å². The standard InChI is InChI=1S/C13H8FNO5/c14-8-3-1-4-9(7-8)20-12-10(13(16)17)5-2-6-11(12)15(18)19/h1-7H,(H,16,17). The largest absolute Gasteiger partial charge is 0.478 e. The Labute approximate surface area is 112 Å². The van der Waals surface area contributed by atoms with Crippen LogP contribution in [-0.2, 0) is 0 Å². The minimum Gasteiger partial charge on any atom is -0.478 e. The van der Waals surface area contributed by atoms with Gasteiger partial charge in [0.25, 0.3) is 0 Å². The molecule has 2 aromatic carbocycles. The zero-order chi connectivity index (χ0) is 14.7. The molecule has 0 saturated carbocycles. The van der Waals surface area contributed by atoms with Crippen LogP contribution in [0.15, 0.2) is 42.5 Å². The van der Waals surface area contributed by atoms with E-state index in [1.54, 1.807) is 0 Å². The summed E-state index contributed by atoms with van der Waals surface area (Å²) in [5, 5.41) is 19.9. The van der Waals surface area contributed by atoms with Crippen molar-refractivity contribution in [2.45, 2.75) is 0 Å². The molecule has 0 heterocycles. The number of para-hydroxylation sites is 1. The lowest BCUT2D eigenvalue weighted by Crippen LogP contribution is -2.03. The van der Waals surface area contributed by atoms with Gasteiger partial charge in [0, 0.05) is 12.1 Å². The monoisotopic (exact) mass is 277 g/mol. The summed E-state index contributed by atoms with van der Waals surface area (Å²) in [7, 11) is 0. The second-order valence-electron chi connectivity index (χ2n) is 3.78. The average molecular weight is 277 g/mol. The summed E-state index contributed by atoms with van der Waals surface area (Å²) in [5.41, 5.74) is -0.877. The van der Waals surface area contributed by atoms with E-state index in [2.05, 4.69) is 0 Å². The van der Waals surface area contributed by atoms with E-state index in [9.17, 15) is 19.3 Å². The molecule has 6 nitrogen and oxygen atoms in total. The Kier molecular flexibility index (Phi) is 3.60. The number of aromatic carboxylic acids is 1. The molecule has 20 heavy (non-hydrogen) atoms. The highest BCUT2D eigenvalue weighted by atomic mass is 19.1. The quantitative estimate of drug-likeness (QED) is 0.684. The minimum atomic E-state index is -1.37. The Bertz CT molecular complexity index is 654. The van der Waals surface area contributed by atoms with Gasteiger partial charge in [-0.25, -0.2) is 9.18 Å². The Balaban J connectivity index is 2.53. The molecule has 2 rings (SSSR count). The highest BCUT2D eigenvalue weighted by molar-refractivity contribution is 5.92. The highest BCUT2D eigenvalue weighted by Crippen LogP contribution is 2.34. The van der Waals surface area contributed by atoms with Gasteiger partial charge in [-0.05, 0) is 18.2 Å². The molecule has 0 spiro atoms. The maximum absolute atomic E-state index is 13.1. The van der Waals surface area contributed by atoms with E-state index >= 15 is 0 Å². The second-order valence-corrected chi connectivity index (χ2v) is 3.78. The molecule has 7 heteroatoms. The van der Waals surface area contributed by atoms with Gasteiger partial charge in [-0.2, -0.15) is 0 Å². The number of nitro groups is 1. The molecule has 102 valence electrons. The number of carbonyl (C=O) groups is 1. The fraction of sp³-hybridized carbons (Fsp3) is 0. The number of hydrogen-bond donors (Lipinski definition) is 1. The lowest BCUT2D eigenvalue weighted by Gasteiger charge is -2.09. The molecule has 0 saturated heterocycles. The first kappa shape index (κ1) is 13.5. The van der Waals surface area contributed by atoms with Gasteiger partial charge < -0.3 is 9.84 Å². The summed E-state index contributed by atoms with van der Waals surface area (Å²) in [4.78, 5) is 21.2. The van der Waals surface area contributed by atoms with Crippen molar-refractivity contribution in [2.24, 2.45) is 0 Å². The van der Waals surface area contributed by atoms with Crippen molar-refractivity contribution in [3.05, 3.63) is 64.0 Å². The molecule has 1 N–H and O–H groups in total. The van der Waals surface area contributed by atoms with Crippen LogP contribution in [0.4, 0.5) is 10.1 Å². The summed E-state index contributed by atoms with van der Waals surface area (Å²) < 4.78 is 18.2. The van der Waals surface area contributed by atoms with Gasteiger partial charge in [0.15, 0.2) is 0 Å². The molecule has 0 aromatic heterocycles. The van der Waals surface area contributed by atoms with Crippen LogP contribution in [0.5, 0.6) is 11.5 Å². The zero-order valence-electron chi connectivity index (χ0n) is 9.95. The van der Waals surface area contributed by atoms with Crippen LogP contribution in [-0.4, -0.2) is 16.0 Å². The Morgan fingerprint density at radius 1 is 1.25 bits per heavy atom. The van der Waals surface area contributed by atoms with Crippen LogP contribution in [0.3, 0.4) is 0 Å². The highest BCUT2D eigenvalue weighted by Gasteiger charge is 2.23. The number of carboxylic acids is 1. The van der Waals surface area contributed by atoms with Gasteiger partial charge in [-0.3, -0.25) is 10.1 Å². The summed E-state index contributed by atoms with van der Waals surface area (Å²) in [6.07, 6.45) is 0. The Morgan fingerprint density at radius 3 is 2.55 bits per heavy atom. The van der Waals surface area contributed by atoms with Crippen molar-refractivity contribution in [3.63, 3.8) is 0 Å². The number of ether oxygens (including phenoxy) is 1. The Hall–Kier alpha value is -2.96. The smallest absolute Gasteiger partial charge is 0.339 e. The second kappa shape index (κ2) is 5.35. The number of carboxylic acid groups (broad SMARTS) is 1. The molecule has 0 radical (unpaired) electrons. The molecule has 0 unspecified atom stereocenters. The maximum Gasteiger partial charge on any atom is 0.339 e. The number of nitro benzene ring substituents is 1. The number of benzene rings is 2. The minimum absolute atomic E-state index is 0.0261. The van der Waals surface area contributed by atoms with Gasteiger partial charge >= 0.3 is 11.7 Å². The van der Waals surface area contributed by atoms with Crippen LogP contribution >= 0.6 is 0 Å². The van der Waals surface area contributed by atoms with E-state index < -0.39 is 28.1 Å². The van der Waals surface area contributed by atoms with Crippen molar-refractivity contribution in [1.29, 1.82) is 0 Å². The molecular formula is C13H8FNO5. The van der Waals surface area contributed by atoms with Crippen molar-refractivity contribution >= 4 is 11.7 Å². The third-order valence-corrected chi connectivity index (χ3v) is 2.44. The summed E-state index contributed by atoms with van der Waals surface area (Å²) in [6, 6.07) is 8.41. The predicted molar refractivity (Wildman–Crippen MR) is 66.5 cm³/mol. The molecule has 0 bridgehead atoms. The average Bonchev–Trinajstić information content (AvgIpc) is 2.38. The first-order valence-corrected chi connectivity index (χ1v) is 5.43. The fourth-order valence-electron chi connectivity index (χ4n) is 1.59. The molecule has 0 aliphatic heterocycles. The van der Waals surface area contributed by atoms with Crippen LogP contribution in [0.25, 0.3) is 0 Å². The van der Waals surface area contributed by atoms with E-state index in [1.807, 2.05) is 0 Å². The molecule has 2 aromatic rings. The maximum atomic E-state index is 13.1. The van der Waals surface area contributed by atoms with Crippen LogP contribution in [0, 0.1) is 15.9 Å². The first-order chi connectivity index (χ1) is 9.49. The van der Waals surface area contributed by atoms with E-state index in [0.29, 0.717) is 0 Å². The number of hydrogen-bond acceptors (Lipinski definition) is 4. The number of nitrogens with zero attached hydrogens (tertiary/aromatic N) is 1. The molecule has 0 atom stereocenters. The van der Waals surface area contributed by atoms with E-state index in [0.717, 1.165) is 12.1 Å². The van der Waals surface area contributed by atoms with Crippen LogP contribution in [0.1, 0.15) is 10.4 Å². The molecule has 0 aliphatic rings. The van der Waals surface area contributed by atoms with E-state index in [1.165, 1.54) is 30.3 Å². The number of halogens is 1. The van der Waals surface area contributed by atoms with Crippen molar-refractivity contribution in [2.75, 3.05) is 0 Å².